The SMILES string of the molecule is CCN(CC)c1ccc(NC(=O)C2N(CCCCCO)C(=O)[C@@H]3[C@@H](C(=O)NC)[C@]4(C)OC23CC4C)cc1. The monoisotopic (exact) mass is 514 g/mol. The average molecular weight is 515 g/mol. The van der Waals surface area contributed by atoms with Crippen molar-refractivity contribution in [2.45, 2.75) is 70.6 Å². The Bertz CT molecular complexity index is 1010. The smallest absolute Gasteiger partial charge is 0.250 e. The normalized spacial score (nSPS) is 31.9. The van der Waals surface area contributed by atoms with E-state index in [1.54, 1.807) is 11.9 Å². The zero-order chi connectivity index (χ0) is 27.0. The summed E-state index contributed by atoms with van der Waals surface area (Å²) in [7, 11) is 1.58. The first-order chi connectivity index (χ1) is 17.7. The molecule has 3 aliphatic rings. The highest BCUT2D eigenvalue weighted by atomic mass is 16.5. The molecule has 9 nitrogen and oxygen atoms in total. The van der Waals surface area contributed by atoms with Gasteiger partial charge in [-0.1, -0.05) is 6.92 Å². The summed E-state index contributed by atoms with van der Waals surface area (Å²) in [4.78, 5) is 44.8. The Kier molecular flexibility index (Phi) is 7.85. The summed E-state index contributed by atoms with van der Waals surface area (Å²) in [6.07, 6.45) is 2.58. The van der Waals surface area contributed by atoms with Crippen LogP contribution in [0.3, 0.4) is 0 Å². The molecular formula is C28H42N4O5. The minimum atomic E-state index is -1.05. The maximum atomic E-state index is 13.9. The number of hydrogen-bond acceptors (Lipinski definition) is 6. The van der Waals surface area contributed by atoms with Crippen LogP contribution in [0.4, 0.5) is 11.4 Å². The van der Waals surface area contributed by atoms with E-state index < -0.39 is 29.1 Å². The van der Waals surface area contributed by atoms with Crippen molar-refractivity contribution in [1.82, 2.24) is 10.2 Å². The van der Waals surface area contributed by atoms with Crippen LogP contribution in [0.15, 0.2) is 24.3 Å². The molecule has 3 unspecified atom stereocenters. The second-order valence-electron chi connectivity index (χ2n) is 10.8. The van der Waals surface area contributed by atoms with Crippen molar-refractivity contribution in [3.05, 3.63) is 24.3 Å². The number of ether oxygens (including phenoxy) is 1. The Balaban J connectivity index is 1.65. The van der Waals surface area contributed by atoms with Gasteiger partial charge >= 0.3 is 0 Å². The van der Waals surface area contributed by atoms with Gasteiger partial charge in [0.05, 0.1) is 17.4 Å². The molecule has 2 bridgehead atoms. The van der Waals surface area contributed by atoms with E-state index in [0.717, 1.165) is 25.2 Å². The van der Waals surface area contributed by atoms with Gasteiger partial charge in [0.25, 0.3) is 0 Å². The number of carbonyl (C=O) groups excluding carboxylic acids is 3. The van der Waals surface area contributed by atoms with Gasteiger partial charge in [-0.05, 0) is 76.6 Å². The number of likely N-dealkylation sites (tertiary alicyclic amines) is 1. The summed E-state index contributed by atoms with van der Waals surface area (Å²) in [5.74, 6) is -2.04. The summed E-state index contributed by atoms with van der Waals surface area (Å²) in [6.45, 7) is 10.4. The molecule has 1 aromatic rings. The Hall–Kier alpha value is -2.65. The number of rotatable bonds is 11. The lowest BCUT2D eigenvalue weighted by Crippen LogP contribution is -2.54. The fourth-order valence-corrected chi connectivity index (χ4v) is 6.96. The standard InChI is InChI=1S/C28H42N4O5/c1-6-31(7-2)20-13-11-19(12-14-20)30-25(35)23-28-17-18(3)27(4,37-28)21(24(34)29-5)22(28)26(36)32(23)15-9-8-10-16-33/h11-14,18,21-23,33H,6-10,15-17H2,1-5H3,(H,29,34)(H,30,35)/t18?,21-,22-,23?,27+,28?/m0/s1. The van der Waals surface area contributed by atoms with E-state index in [2.05, 4.69) is 29.4 Å². The molecule has 1 spiro atoms. The molecule has 3 N–H and O–H groups in total. The maximum absolute atomic E-state index is 13.9. The molecule has 4 rings (SSSR count). The van der Waals surface area contributed by atoms with Crippen LogP contribution in [0.25, 0.3) is 0 Å². The molecule has 6 atom stereocenters. The number of unbranched alkanes of at least 4 members (excludes halogenated alkanes) is 2. The lowest BCUT2D eigenvalue weighted by Gasteiger charge is -2.36. The number of nitrogens with zero attached hydrogens (tertiary/aromatic N) is 2. The molecule has 0 aliphatic carbocycles. The fourth-order valence-electron chi connectivity index (χ4n) is 6.96. The number of carbonyl (C=O) groups is 3. The summed E-state index contributed by atoms with van der Waals surface area (Å²) < 4.78 is 6.67. The molecule has 0 radical (unpaired) electrons. The quantitative estimate of drug-likeness (QED) is 0.391. The molecule has 37 heavy (non-hydrogen) atoms. The van der Waals surface area contributed by atoms with Crippen molar-refractivity contribution < 1.29 is 24.2 Å². The first-order valence-electron chi connectivity index (χ1n) is 13.7. The van der Waals surface area contributed by atoms with E-state index in [-0.39, 0.29) is 30.2 Å². The van der Waals surface area contributed by atoms with Crippen LogP contribution in [0.5, 0.6) is 0 Å². The van der Waals surface area contributed by atoms with E-state index in [1.807, 2.05) is 38.1 Å². The van der Waals surface area contributed by atoms with Crippen LogP contribution in [0.2, 0.25) is 0 Å². The predicted octanol–water partition coefficient (Wildman–Crippen LogP) is 2.39. The first kappa shape index (κ1) is 27.4. The van der Waals surface area contributed by atoms with Gasteiger partial charge < -0.3 is 30.3 Å². The van der Waals surface area contributed by atoms with E-state index in [0.29, 0.717) is 31.5 Å². The Labute approximate surface area is 219 Å². The topological polar surface area (TPSA) is 111 Å². The molecule has 3 heterocycles. The molecule has 1 aromatic carbocycles. The van der Waals surface area contributed by atoms with Crippen molar-refractivity contribution in [2.24, 2.45) is 17.8 Å². The predicted molar refractivity (Wildman–Crippen MR) is 142 cm³/mol. The van der Waals surface area contributed by atoms with E-state index in [4.69, 9.17) is 4.74 Å². The van der Waals surface area contributed by atoms with Crippen molar-refractivity contribution >= 4 is 29.1 Å². The third-order valence-electron chi connectivity index (χ3n) is 8.91. The molecule has 3 aliphatic heterocycles. The van der Waals surface area contributed by atoms with E-state index in [1.165, 1.54) is 0 Å². The molecule has 0 aromatic heterocycles. The van der Waals surface area contributed by atoms with Crippen molar-refractivity contribution in [3.63, 3.8) is 0 Å². The van der Waals surface area contributed by atoms with Gasteiger partial charge in [0, 0.05) is 44.7 Å². The van der Waals surface area contributed by atoms with Gasteiger partial charge in [0.2, 0.25) is 17.7 Å². The summed E-state index contributed by atoms with van der Waals surface area (Å²) in [5, 5.41) is 15.0. The van der Waals surface area contributed by atoms with E-state index >= 15 is 0 Å². The minimum absolute atomic E-state index is 0.0110. The van der Waals surface area contributed by atoms with Crippen LogP contribution in [0, 0.1) is 17.8 Å². The lowest BCUT2D eigenvalue weighted by atomic mass is 9.62. The first-order valence-corrected chi connectivity index (χ1v) is 13.7. The lowest BCUT2D eigenvalue weighted by molar-refractivity contribution is -0.146. The van der Waals surface area contributed by atoms with Crippen LogP contribution < -0.4 is 15.5 Å². The van der Waals surface area contributed by atoms with Crippen LogP contribution in [-0.2, 0) is 19.1 Å². The molecule has 3 amide bonds. The fraction of sp³-hybridized carbons (Fsp3) is 0.679. The molecule has 0 saturated carbocycles. The van der Waals surface area contributed by atoms with Crippen LogP contribution >= 0.6 is 0 Å². The number of fused-ring (bicyclic) bond motifs is 1. The molecule has 9 heteroatoms. The number of anilines is 2. The minimum Gasteiger partial charge on any atom is -0.396 e. The second-order valence-corrected chi connectivity index (χ2v) is 10.8. The second kappa shape index (κ2) is 10.6. The van der Waals surface area contributed by atoms with Crippen LogP contribution in [-0.4, -0.2) is 78.3 Å². The Morgan fingerprint density at radius 1 is 1.14 bits per heavy atom. The Morgan fingerprint density at radius 3 is 2.41 bits per heavy atom. The van der Waals surface area contributed by atoms with Crippen molar-refractivity contribution in [3.8, 4) is 0 Å². The summed E-state index contributed by atoms with van der Waals surface area (Å²) >= 11 is 0. The maximum Gasteiger partial charge on any atom is 0.250 e. The van der Waals surface area contributed by atoms with E-state index in [9.17, 15) is 19.5 Å². The van der Waals surface area contributed by atoms with Gasteiger partial charge in [-0.3, -0.25) is 14.4 Å². The molecule has 3 fully saturated rings. The highest BCUT2D eigenvalue weighted by molar-refractivity contribution is 6.03. The number of aliphatic hydroxyl groups is 1. The number of amides is 3. The highest BCUT2D eigenvalue weighted by Crippen LogP contribution is 2.65. The third-order valence-corrected chi connectivity index (χ3v) is 8.91. The van der Waals surface area contributed by atoms with Crippen molar-refractivity contribution in [1.29, 1.82) is 0 Å². The van der Waals surface area contributed by atoms with Gasteiger partial charge in [0.15, 0.2) is 0 Å². The molecule has 204 valence electrons. The van der Waals surface area contributed by atoms with Gasteiger partial charge in [-0.25, -0.2) is 0 Å². The zero-order valence-electron chi connectivity index (χ0n) is 22.8. The Morgan fingerprint density at radius 2 is 1.81 bits per heavy atom. The molecular weight excluding hydrogens is 472 g/mol. The average Bonchev–Trinajstić information content (AvgIpc) is 3.39. The zero-order valence-corrected chi connectivity index (χ0v) is 22.8. The summed E-state index contributed by atoms with van der Waals surface area (Å²) in [6, 6.07) is 6.90. The van der Waals surface area contributed by atoms with Crippen molar-refractivity contribution in [2.75, 3.05) is 43.5 Å². The van der Waals surface area contributed by atoms with Gasteiger partial charge in [-0.15, -0.1) is 0 Å². The molecule has 3 saturated heterocycles. The van der Waals surface area contributed by atoms with Gasteiger partial charge in [0.1, 0.15) is 11.6 Å². The third kappa shape index (κ3) is 4.40. The number of aliphatic hydroxyl groups excluding tert-OH is 1. The summed E-state index contributed by atoms with van der Waals surface area (Å²) in [5.41, 5.74) is -0.128. The number of benzene rings is 1. The largest absolute Gasteiger partial charge is 0.396 e. The van der Waals surface area contributed by atoms with Gasteiger partial charge in [-0.2, -0.15) is 0 Å². The number of hydrogen-bond donors (Lipinski definition) is 3. The number of nitrogens with one attached hydrogen (secondary N) is 2. The van der Waals surface area contributed by atoms with Crippen LogP contribution in [0.1, 0.15) is 53.4 Å². The highest BCUT2D eigenvalue weighted by Gasteiger charge is 2.79.